The molecule has 1 aromatic heterocycles. The highest BCUT2D eigenvalue weighted by Crippen LogP contribution is 2.38. The zero-order valence-electron chi connectivity index (χ0n) is 18.4. The van der Waals surface area contributed by atoms with Crippen LogP contribution < -0.4 is 4.90 Å². The average Bonchev–Trinajstić information content (AvgIpc) is 3.28. The maximum atomic E-state index is 6.29. The van der Waals surface area contributed by atoms with Crippen molar-refractivity contribution in [3.8, 4) is 22.3 Å². The quantitative estimate of drug-likeness (QED) is 0.281. The van der Waals surface area contributed by atoms with Crippen molar-refractivity contribution in [2.24, 2.45) is 0 Å². The van der Waals surface area contributed by atoms with Gasteiger partial charge in [0.25, 0.3) is 0 Å². The first kappa shape index (κ1) is 19.4. The molecule has 5 aromatic carbocycles. The van der Waals surface area contributed by atoms with Crippen LogP contribution >= 0.6 is 0 Å². The number of furan rings is 1. The molecule has 0 amide bonds. The van der Waals surface area contributed by atoms with Crippen LogP contribution in [0.3, 0.4) is 0 Å². The topological polar surface area (TPSA) is 16.4 Å². The van der Waals surface area contributed by atoms with Gasteiger partial charge in [0, 0.05) is 40.3 Å². The Morgan fingerprint density at radius 3 is 2.12 bits per heavy atom. The van der Waals surface area contributed by atoms with Crippen molar-refractivity contribution in [2.75, 3.05) is 11.9 Å². The van der Waals surface area contributed by atoms with E-state index in [9.17, 15) is 0 Å². The predicted octanol–water partition coefficient (Wildman–Crippen LogP) is 8.69. The van der Waals surface area contributed by atoms with E-state index in [1.807, 2.05) is 12.1 Å². The summed E-state index contributed by atoms with van der Waals surface area (Å²) in [6.45, 7) is 0. The molecule has 0 N–H and O–H groups in total. The molecule has 0 unspecified atom stereocenters. The van der Waals surface area contributed by atoms with Crippen molar-refractivity contribution in [1.82, 2.24) is 0 Å². The zero-order chi connectivity index (χ0) is 22.2. The molecule has 0 radical (unpaired) electrons. The number of hydrogen-bond acceptors (Lipinski definition) is 2. The van der Waals surface area contributed by atoms with Crippen LogP contribution in [0, 0.1) is 0 Å². The van der Waals surface area contributed by atoms with E-state index in [2.05, 4.69) is 121 Å². The predicted molar refractivity (Wildman–Crippen MR) is 139 cm³/mol. The van der Waals surface area contributed by atoms with Crippen molar-refractivity contribution in [3.05, 3.63) is 121 Å². The van der Waals surface area contributed by atoms with Gasteiger partial charge in [0.1, 0.15) is 11.2 Å². The van der Waals surface area contributed by atoms with E-state index in [0.717, 1.165) is 38.8 Å². The maximum Gasteiger partial charge on any atom is 0.143 e. The number of hydrogen-bond donors (Lipinski definition) is 0. The number of anilines is 2. The Morgan fingerprint density at radius 1 is 0.545 bits per heavy atom. The van der Waals surface area contributed by atoms with Gasteiger partial charge in [-0.05, 0) is 35.4 Å². The second-order valence-electron chi connectivity index (χ2n) is 8.27. The molecule has 0 bridgehead atoms. The number of nitrogens with zero attached hydrogens (tertiary/aromatic N) is 1. The molecule has 0 saturated carbocycles. The van der Waals surface area contributed by atoms with Gasteiger partial charge in [-0.3, -0.25) is 0 Å². The molecular formula is C31H23NO. The second-order valence-corrected chi connectivity index (χ2v) is 8.27. The molecule has 1 heterocycles. The summed E-state index contributed by atoms with van der Waals surface area (Å²) in [4.78, 5) is 2.25. The third kappa shape index (κ3) is 3.37. The molecule has 0 fully saturated rings. The summed E-state index contributed by atoms with van der Waals surface area (Å²) in [6.07, 6.45) is 0. The minimum absolute atomic E-state index is 0.921. The fourth-order valence-electron chi connectivity index (χ4n) is 4.62. The molecule has 158 valence electrons. The monoisotopic (exact) mass is 425 g/mol. The molecule has 33 heavy (non-hydrogen) atoms. The Labute approximate surface area is 193 Å². The maximum absolute atomic E-state index is 6.29. The van der Waals surface area contributed by atoms with Crippen LogP contribution in [0.2, 0.25) is 0 Å². The lowest BCUT2D eigenvalue weighted by molar-refractivity contribution is 0.670. The van der Waals surface area contributed by atoms with Crippen LogP contribution in [-0.4, -0.2) is 7.05 Å². The number of rotatable bonds is 4. The van der Waals surface area contributed by atoms with Gasteiger partial charge in [-0.25, -0.2) is 0 Å². The van der Waals surface area contributed by atoms with E-state index in [-0.39, 0.29) is 0 Å². The molecule has 0 aliphatic heterocycles. The standard InChI is InChI=1S/C31H23NO/c1-32(29-19-7-5-15-25(29)22-11-3-2-4-12-22)24-14-9-13-23(21-24)26-17-10-18-28-27-16-6-8-20-30(27)33-31(26)28/h2-21H,1H3. The third-order valence-corrected chi connectivity index (χ3v) is 6.30. The minimum atomic E-state index is 0.921. The molecule has 0 atom stereocenters. The van der Waals surface area contributed by atoms with E-state index >= 15 is 0 Å². The van der Waals surface area contributed by atoms with Crippen LogP contribution in [-0.2, 0) is 0 Å². The van der Waals surface area contributed by atoms with Gasteiger partial charge in [-0.15, -0.1) is 0 Å². The molecule has 0 aliphatic rings. The largest absolute Gasteiger partial charge is 0.455 e. The summed E-state index contributed by atoms with van der Waals surface area (Å²) in [5.74, 6) is 0. The van der Waals surface area contributed by atoms with E-state index in [1.54, 1.807) is 0 Å². The van der Waals surface area contributed by atoms with E-state index < -0.39 is 0 Å². The normalized spacial score (nSPS) is 11.2. The smallest absolute Gasteiger partial charge is 0.143 e. The molecule has 6 aromatic rings. The van der Waals surface area contributed by atoms with Crippen LogP contribution in [0.4, 0.5) is 11.4 Å². The van der Waals surface area contributed by atoms with Crippen LogP contribution in [0.15, 0.2) is 126 Å². The van der Waals surface area contributed by atoms with Gasteiger partial charge in [0.15, 0.2) is 0 Å². The summed E-state index contributed by atoms with van der Waals surface area (Å²) in [5.41, 5.74) is 8.82. The highest BCUT2D eigenvalue weighted by Gasteiger charge is 2.14. The summed E-state index contributed by atoms with van der Waals surface area (Å²) in [7, 11) is 2.13. The van der Waals surface area contributed by atoms with Crippen LogP contribution in [0.1, 0.15) is 0 Å². The summed E-state index contributed by atoms with van der Waals surface area (Å²) in [6, 6.07) is 42.4. The van der Waals surface area contributed by atoms with Crippen molar-refractivity contribution >= 4 is 33.3 Å². The Hall–Kier alpha value is -4.30. The van der Waals surface area contributed by atoms with Gasteiger partial charge in [-0.2, -0.15) is 0 Å². The average molecular weight is 426 g/mol. The molecule has 0 saturated heterocycles. The summed E-state index contributed by atoms with van der Waals surface area (Å²) >= 11 is 0. The van der Waals surface area contributed by atoms with E-state index in [4.69, 9.17) is 4.42 Å². The minimum Gasteiger partial charge on any atom is -0.455 e. The van der Waals surface area contributed by atoms with Gasteiger partial charge in [0.2, 0.25) is 0 Å². The highest BCUT2D eigenvalue weighted by atomic mass is 16.3. The Balaban J connectivity index is 1.46. The van der Waals surface area contributed by atoms with Gasteiger partial charge < -0.3 is 9.32 Å². The van der Waals surface area contributed by atoms with Crippen LogP contribution in [0.5, 0.6) is 0 Å². The highest BCUT2D eigenvalue weighted by molar-refractivity contribution is 6.09. The Kier molecular flexibility index (Phi) is 4.70. The third-order valence-electron chi connectivity index (χ3n) is 6.30. The lowest BCUT2D eigenvalue weighted by atomic mass is 10.0. The summed E-state index contributed by atoms with van der Waals surface area (Å²) < 4.78 is 6.29. The lowest BCUT2D eigenvalue weighted by Crippen LogP contribution is -2.10. The van der Waals surface area contributed by atoms with Crippen molar-refractivity contribution in [1.29, 1.82) is 0 Å². The summed E-state index contributed by atoms with van der Waals surface area (Å²) in [5, 5.41) is 2.30. The van der Waals surface area contributed by atoms with Crippen molar-refractivity contribution < 1.29 is 4.42 Å². The van der Waals surface area contributed by atoms with Gasteiger partial charge in [0.05, 0.1) is 0 Å². The first-order valence-corrected chi connectivity index (χ1v) is 11.2. The Bertz CT molecular complexity index is 1580. The first-order valence-electron chi connectivity index (χ1n) is 11.2. The Morgan fingerprint density at radius 2 is 1.21 bits per heavy atom. The van der Waals surface area contributed by atoms with Crippen molar-refractivity contribution in [3.63, 3.8) is 0 Å². The number of para-hydroxylation sites is 3. The second kappa shape index (κ2) is 7.99. The van der Waals surface area contributed by atoms with Gasteiger partial charge >= 0.3 is 0 Å². The van der Waals surface area contributed by atoms with E-state index in [1.165, 1.54) is 16.8 Å². The molecular weight excluding hydrogens is 402 g/mol. The van der Waals surface area contributed by atoms with Crippen LogP contribution in [0.25, 0.3) is 44.2 Å². The first-order chi connectivity index (χ1) is 16.3. The van der Waals surface area contributed by atoms with E-state index in [0.29, 0.717) is 0 Å². The fourth-order valence-corrected chi connectivity index (χ4v) is 4.62. The number of fused-ring (bicyclic) bond motifs is 3. The molecule has 0 spiro atoms. The van der Waals surface area contributed by atoms with Gasteiger partial charge in [-0.1, -0.05) is 97.1 Å². The SMILES string of the molecule is CN(c1cccc(-c2cccc3c2oc2ccccc23)c1)c1ccccc1-c1ccccc1. The molecule has 6 rings (SSSR count). The lowest BCUT2D eigenvalue weighted by Gasteiger charge is -2.23. The zero-order valence-corrected chi connectivity index (χ0v) is 18.4. The fraction of sp³-hybridized carbons (Fsp3) is 0.0323. The molecule has 2 nitrogen and oxygen atoms in total. The molecule has 2 heteroatoms. The van der Waals surface area contributed by atoms with Crippen molar-refractivity contribution in [2.45, 2.75) is 0 Å². The number of benzene rings is 5. The molecule has 0 aliphatic carbocycles.